The lowest BCUT2D eigenvalue weighted by atomic mass is 9.81. The Labute approximate surface area is 142 Å². The normalized spacial score (nSPS) is 17.5. The van der Waals surface area contributed by atoms with E-state index in [4.69, 9.17) is 0 Å². The van der Waals surface area contributed by atoms with Gasteiger partial charge < -0.3 is 5.32 Å². The van der Waals surface area contributed by atoms with Gasteiger partial charge in [0, 0.05) is 12.1 Å². The lowest BCUT2D eigenvalue weighted by Crippen LogP contribution is -2.42. The third-order valence-corrected chi connectivity index (χ3v) is 5.83. The number of hydrogen-bond acceptors (Lipinski definition) is 5. The number of nitrogens with one attached hydrogen (secondary N) is 2. The van der Waals surface area contributed by atoms with Gasteiger partial charge in [-0.25, -0.2) is 23.1 Å². The van der Waals surface area contributed by atoms with Gasteiger partial charge in [-0.3, -0.25) is 0 Å². The summed E-state index contributed by atoms with van der Waals surface area (Å²) in [5, 5.41) is 3.29. The lowest BCUT2D eigenvalue weighted by molar-refractivity contribution is 0.232. The Morgan fingerprint density at radius 3 is 2.38 bits per heavy atom. The molecule has 128 valence electrons. The van der Waals surface area contributed by atoms with Gasteiger partial charge in [0.15, 0.2) is 5.82 Å². The van der Waals surface area contributed by atoms with Gasteiger partial charge in [0.2, 0.25) is 10.0 Å². The first-order valence-corrected chi connectivity index (χ1v) is 9.55. The van der Waals surface area contributed by atoms with Gasteiger partial charge in [-0.1, -0.05) is 37.3 Å². The summed E-state index contributed by atoms with van der Waals surface area (Å²) in [7, 11) is -3.59. The van der Waals surface area contributed by atoms with Crippen molar-refractivity contribution < 1.29 is 8.42 Å². The molecule has 1 fully saturated rings. The number of hydrogen-bond donors (Lipinski definition) is 2. The van der Waals surface area contributed by atoms with Crippen molar-refractivity contribution in [2.24, 2.45) is 5.41 Å². The van der Waals surface area contributed by atoms with Crippen molar-refractivity contribution in [1.82, 2.24) is 20.0 Å². The summed E-state index contributed by atoms with van der Waals surface area (Å²) in [6.45, 7) is 4.39. The molecule has 0 amide bonds. The molecule has 0 aliphatic carbocycles. The van der Waals surface area contributed by atoms with Crippen LogP contribution in [0.3, 0.4) is 0 Å². The second-order valence-electron chi connectivity index (χ2n) is 6.49. The fourth-order valence-corrected chi connectivity index (χ4v) is 3.84. The molecule has 24 heavy (non-hydrogen) atoms. The van der Waals surface area contributed by atoms with Crippen LogP contribution in [-0.4, -0.2) is 38.0 Å². The van der Waals surface area contributed by atoms with Crippen molar-refractivity contribution in [2.75, 3.05) is 19.6 Å². The molecule has 2 N–H and O–H groups in total. The van der Waals surface area contributed by atoms with E-state index in [1.54, 1.807) is 0 Å². The van der Waals surface area contributed by atoms with Crippen LogP contribution < -0.4 is 10.0 Å². The summed E-state index contributed by atoms with van der Waals surface area (Å²) in [5.41, 5.74) is 0.847. The van der Waals surface area contributed by atoms with Crippen molar-refractivity contribution in [3.05, 3.63) is 42.7 Å². The van der Waals surface area contributed by atoms with Crippen LogP contribution in [0.2, 0.25) is 0 Å². The lowest BCUT2D eigenvalue weighted by Gasteiger charge is -2.34. The fraction of sp³-hybridized carbons (Fsp3) is 0.412. The third kappa shape index (κ3) is 3.98. The second kappa shape index (κ2) is 6.96. The summed E-state index contributed by atoms with van der Waals surface area (Å²) < 4.78 is 27.6. The van der Waals surface area contributed by atoms with Crippen LogP contribution in [0.4, 0.5) is 0 Å². The van der Waals surface area contributed by atoms with E-state index in [0.29, 0.717) is 12.4 Å². The summed E-state index contributed by atoms with van der Waals surface area (Å²) >= 11 is 0. The molecule has 0 saturated carbocycles. The SMILES string of the molecule is CC1(CNS(=O)(=O)c2cnc(-c3ccccc3)nc2)CCNCC1. The predicted molar refractivity (Wildman–Crippen MR) is 92.9 cm³/mol. The molecule has 2 aromatic rings. The molecule has 1 aliphatic rings. The first-order chi connectivity index (χ1) is 11.5. The van der Waals surface area contributed by atoms with Crippen LogP contribution in [0.15, 0.2) is 47.6 Å². The minimum Gasteiger partial charge on any atom is -0.317 e. The van der Waals surface area contributed by atoms with Gasteiger partial charge >= 0.3 is 0 Å². The van der Waals surface area contributed by atoms with Gasteiger partial charge in [-0.05, 0) is 31.3 Å². The standard InChI is InChI=1S/C17H22N4O2S/c1-17(7-9-18-10-8-17)13-21-24(22,23)15-11-19-16(20-12-15)14-5-3-2-4-6-14/h2-6,11-12,18,21H,7-10,13H2,1H3. The van der Waals surface area contributed by atoms with Crippen LogP contribution in [0.25, 0.3) is 11.4 Å². The molecule has 3 rings (SSSR count). The zero-order valence-corrected chi connectivity index (χ0v) is 14.5. The smallest absolute Gasteiger partial charge is 0.243 e. The van der Waals surface area contributed by atoms with E-state index in [1.807, 2.05) is 30.3 Å². The van der Waals surface area contributed by atoms with Crippen molar-refractivity contribution in [1.29, 1.82) is 0 Å². The summed E-state index contributed by atoms with van der Waals surface area (Å²) in [5.74, 6) is 0.514. The average molecular weight is 346 g/mol. The van der Waals surface area contributed by atoms with E-state index < -0.39 is 10.0 Å². The topological polar surface area (TPSA) is 84.0 Å². The Bertz CT molecular complexity index is 770. The Morgan fingerprint density at radius 1 is 1.12 bits per heavy atom. The Kier molecular flexibility index (Phi) is 4.93. The molecule has 0 radical (unpaired) electrons. The van der Waals surface area contributed by atoms with E-state index in [9.17, 15) is 8.42 Å². The number of aromatic nitrogens is 2. The summed E-state index contributed by atoms with van der Waals surface area (Å²) in [6, 6.07) is 9.47. The largest absolute Gasteiger partial charge is 0.317 e. The molecular formula is C17H22N4O2S. The zero-order valence-electron chi connectivity index (χ0n) is 13.7. The number of rotatable bonds is 5. The van der Waals surface area contributed by atoms with Gasteiger partial charge in [0.1, 0.15) is 4.90 Å². The van der Waals surface area contributed by atoms with E-state index in [2.05, 4.69) is 26.9 Å². The van der Waals surface area contributed by atoms with E-state index in [0.717, 1.165) is 31.5 Å². The van der Waals surface area contributed by atoms with Crippen LogP contribution in [0.1, 0.15) is 19.8 Å². The molecule has 2 heterocycles. The fourth-order valence-electron chi connectivity index (χ4n) is 2.75. The quantitative estimate of drug-likeness (QED) is 0.863. The Balaban J connectivity index is 1.70. The summed E-state index contributed by atoms with van der Waals surface area (Å²) in [4.78, 5) is 8.47. The minimum atomic E-state index is -3.59. The van der Waals surface area contributed by atoms with Crippen LogP contribution in [0.5, 0.6) is 0 Å². The minimum absolute atomic E-state index is 0.0108. The maximum absolute atomic E-state index is 12.5. The van der Waals surface area contributed by atoms with Gasteiger partial charge in [-0.2, -0.15) is 0 Å². The molecule has 1 aromatic heterocycles. The van der Waals surface area contributed by atoms with Crippen molar-refractivity contribution in [2.45, 2.75) is 24.7 Å². The number of piperidine rings is 1. The van der Waals surface area contributed by atoms with Gasteiger partial charge in [-0.15, -0.1) is 0 Å². The molecule has 1 aliphatic heterocycles. The highest BCUT2D eigenvalue weighted by molar-refractivity contribution is 7.89. The maximum atomic E-state index is 12.5. The van der Waals surface area contributed by atoms with E-state index in [1.165, 1.54) is 12.4 Å². The molecule has 0 unspecified atom stereocenters. The van der Waals surface area contributed by atoms with Crippen LogP contribution >= 0.6 is 0 Å². The van der Waals surface area contributed by atoms with E-state index >= 15 is 0 Å². The first kappa shape index (κ1) is 17.0. The third-order valence-electron chi connectivity index (χ3n) is 4.47. The number of sulfonamides is 1. The molecule has 1 saturated heterocycles. The average Bonchev–Trinajstić information content (AvgIpc) is 2.62. The molecular weight excluding hydrogens is 324 g/mol. The number of benzene rings is 1. The van der Waals surface area contributed by atoms with Gasteiger partial charge in [0.25, 0.3) is 0 Å². The number of nitrogens with zero attached hydrogens (tertiary/aromatic N) is 2. The van der Waals surface area contributed by atoms with E-state index in [-0.39, 0.29) is 10.3 Å². The van der Waals surface area contributed by atoms with Crippen LogP contribution in [0, 0.1) is 5.41 Å². The molecule has 0 atom stereocenters. The zero-order chi connectivity index (χ0) is 17.0. The van der Waals surface area contributed by atoms with Crippen molar-refractivity contribution in [3.63, 3.8) is 0 Å². The molecule has 0 bridgehead atoms. The van der Waals surface area contributed by atoms with Crippen molar-refractivity contribution >= 4 is 10.0 Å². The highest BCUT2D eigenvalue weighted by Crippen LogP contribution is 2.27. The van der Waals surface area contributed by atoms with Crippen molar-refractivity contribution in [3.8, 4) is 11.4 Å². The second-order valence-corrected chi connectivity index (χ2v) is 8.26. The predicted octanol–water partition coefficient (Wildman–Crippen LogP) is 1.81. The Morgan fingerprint density at radius 2 is 1.75 bits per heavy atom. The highest BCUT2D eigenvalue weighted by Gasteiger charge is 2.28. The highest BCUT2D eigenvalue weighted by atomic mass is 32.2. The molecule has 0 spiro atoms. The monoisotopic (exact) mass is 346 g/mol. The molecule has 6 nitrogen and oxygen atoms in total. The molecule has 1 aromatic carbocycles. The molecule has 7 heteroatoms. The van der Waals surface area contributed by atoms with Gasteiger partial charge in [0.05, 0.1) is 12.4 Å². The first-order valence-electron chi connectivity index (χ1n) is 8.06. The Hall–Kier alpha value is -1.83. The summed E-state index contributed by atoms with van der Waals surface area (Å²) in [6.07, 6.45) is 4.64. The maximum Gasteiger partial charge on any atom is 0.243 e. The van der Waals surface area contributed by atoms with Crippen LogP contribution in [-0.2, 0) is 10.0 Å².